The number of ether oxygens (including phenoxy) is 1. The molecule has 8 nitrogen and oxygen atoms in total. The van der Waals surface area contributed by atoms with E-state index in [0.717, 1.165) is 27.5 Å². The molecule has 1 amide bonds. The molecule has 0 spiro atoms. The van der Waals surface area contributed by atoms with Crippen LogP contribution >= 0.6 is 23.1 Å². The summed E-state index contributed by atoms with van der Waals surface area (Å²) in [6.45, 7) is 0.579. The maximum atomic E-state index is 13.4. The molecule has 34 heavy (non-hydrogen) atoms. The van der Waals surface area contributed by atoms with Gasteiger partial charge in [-0.2, -0.15) is 5.10 Å². The van der Waals surface area contributed by atoms with E-state index in [2.05, 4.69) is 15.5 Å². The van der Waals surface area contributed by atoms with Gasteiger partial charge in [-0.1, -0.05) is 60.3 Å². The summed E-state index contributed by atoms with van der Waals surface area (Å²) >= 11 is 2.97. The lowest BCUT2D eigenvalue weighted by atomic mass is 9.98. The van der Waals surface area contributed by atoms with Crippen molar-refractivity contribution in [2.45, 2.75) is 24.2 Å². The number of hydrogen-bond donors (Lipinski definition) is 0. The van der Waals surface area contributed by atoms with E-state index < -0.39 is 0 Å². The summed E-state index contributed by atoms with van der Waals surface area (Å²) < 4.78 is 7.01. The van der Waals surface area contributed by atoms with Gasteiger partial charge in [0.15, 0.2) is 0 Å². The fourth-order valence-corrected chi connectivity index (χ4v) is 5.19. The highest BCUT2D eigenvalue weighted by atomic mass is 32.2. The molecule has 0 saturated carbocycles. The Morgan fingerprint density at radius 2 is 1.94 bits per heavy atom. The van der Waals surface area contributed by atoms with Crippen LogP contribution in [0.3, 0.4) is 0 Å². The van der Waals surface area contributed by atoms with Crippen LogP contribution in [0.1, 0.15) is 28.5 Å². The number of carbonyl (C=O) groups is 1. The molecule has 1 unspecified atom stereocenters. The first-order valence-corrected chi connectivity index (χ1v) is 12.6. The number of amides is 1. The van der Waals surface area contributed by atoms with E-state index in [-0.39, 0.29) is 17.7 Å². The van der Waals surface area contributed by atoms with Crippen molar-refractivity contribution in [3.8, 4) is 5.75 Å². The summed E-state index contributed by atoms with van der Waals surface area (Å²) in [5.41, 5.74) is 2.92. The van der Waals surface area contributed by atoms with E-state index in [4.69, 9.17) is 9.84 Å². The quantitative estimate of drug-likeness (QED) is 0.343. The van der Waals surface area contributed by atoms with Crippen molar-refractivity contribution in [1.82, 2.24) is 25.2 Å². The maximum absolute atomic E-state index is 13.4. The largest absolute Gasteiger partial charge is 0.497 e. The van der Waals surface area contributed by atoms with Crippen molar-refractivity contribution in [3.63, 3.8) is 0 Å². The van der Waals surface area contributed by atoms with Gasteiger partial charge in [-0.25, -0.2) is 9.69 Å². The molecule has 0 radical (unpaired) electrons. The number of benzene rings is 2. The van der Waals surface area contributed by atoms with E-state index in [1.54, 1.807) is 28.1 Å². The summed E-state index contributed by atoms with van der Waals surface area (Å²) in [5.74, 6) is 0.864. The van der Waals surface area contributed by atoms with Crippen LogP contribution < -0.4 is 4.74 Å². The first-order valence-electron chi connectivity index (χ1n) is 10.7. The fraction of sp³-hybridized carbons (Fsp3) is 0.208. The summed E-state index contributed by atoms with van der Waals surface area (Å²) in [7, 11) is 1.64. The first kappa shape index (κ1) is 22.3. The third kappa shape index (κ3) is 4.87. The summed E-state index contributed by atoms with van der Waals surface area (Å²) in [6, 6.07) is 21.6. The zero-order valence-corrected chi connectivity index (χ0v) is 20.1. The average Bonchev–Trinajstić information content (AvgIpc) is 3.65. The number of carbonyl (C=O) groups excluding carboxylic acids is 1. The maximum Gasteiger partial charge on any atom is 0.253 e. The Balaban J connectivity index is 1.34. The molecule has 2 aromatic heterocycles. The second-order valence-corrected chi connectivity index (χ2v) is 9.61. The van der Waals surface area contributed by atoms with Gasteiger partial charge in [-0.3, -0.25) is 4.79 Å². The van der Waals surface area contributed by atoms with E-state index >= 15 is 0 Å². The standard InChI is InChI=1S/C24H22N6O2S2/c1-32-19-11-9-18(10-12-19)22-14-21(17-6-3-2-4-7-17)26-30(22)23(31)16-34-24-25-27-28-29(24)15-20-8-5-13-33-20/h2-13,22H,14-16H2,1H3. The van der Waals surface area contributed by atoms with E-state index in [1.807, 2.05) is 72.1 Å². The van der Waals surface area contributed by atoms with Crippen molar-refractivity contribution in [2.24, 2.45) is 5.10 Å². The average molecular weight is 491 g/mol. The molecule has 4 aromatic rings. The summed E-state index contributed by atoms with van der Waals surface area (Å²) in [6.07, 6.45) is 0.642. The Hall–Kier alpha value is -3.50. The van der Waals surface area contributed by atoms with E-state index in [0.29, 0.717) is 18.1 Å². The van der Waals surface area contributed by atoms with Crippen LogP contribution in [0.4, 0.5) is 0 Å². The van der Waals surface area contributed by atoms with Gasteiger partial charge in [0.1, 0.15) is 5.75 Å². The molecule has 0 N–H and O–H groups in total. The number of methoxy groups -OCH3 is 1. The van der Waals surface area contributed by atoms with Gasteiger partial charge in [0.2, 0.25) is 5.16 Å². The van der Waals surface area contributed by atoms with Crippen LogP contribution in [0.2, 0.25) is 0 Å². The zero-order valence-electron chi connectivity index (χ0n) is 18.4. The van der Waals surface area contributed by atoms with Gasteiger partial charge in [0.05, 0.1) is 31.2 Å². The highest BCUT2D eigenvalue weighted by Gasteiger charge is 2.33. The molecule has 172 valence electrons. The monoisotopic (exact) mass is 490 g/mol. The molecule has 1 aliphatic rings. The normalized spacial score (nSPS) is 15.4. The third-order valence-corrected chi connectivity index (χ3v) is 7.29. The van der Waals surface area contributed by atoms with Crippen LogP contribution in [0.5, 0.6) is 5.75 Å². The van der Waals surface area contributed by atoms with Gasteiger partial charge in [0, 0.05) is 11.3 Å². The van der Waals surface area contributed by atoms with Crippen molar-refractivity contribution < 1.29 is 9.53 Å². The van der Waals surface area contributed by atoms with Gasteiger partial charge in [-0.15, -0.1) is 16.4 Å². The third-order valence-electron chi connectivity index (χ3n) is 5.48. The Labute approximate surface area is 205 Å². The second-order valence-electron chi connectivity index (χ2n) is 7.63. The summed E-state index contributed by atoms with van der Waals surface area (Å²) in [5, 5.41) is 20.9. The van der Waals surface area contributed by atoms with E-state index in [9.17, 15) is 4.79 Å². The van der Waals surface area contributed by atoms with Gasteiger partial charge in [-0.05, 0) is 45.1 Å². The molecule has 1 aliphatic heterocycles. The molecular weight excluding hydrogens is 468 g/mol. The van der Waals surface area contributed by atoms with E-state index in [1.165, 1.54) is 11.8 Å². The predicted octanol–water partition coefficient (Wildman–Crippen LogP) is 4.26. The first-order chi connectivity index (χ1) is 16.7. The molecule has 0 saturated heterocycles. The van der Waals surface area contributed by atoms with Crippen LogP contribution in [-0.4, -0.2) is 49.7 Å². The summed E-state index contributed by atoms with van der Waals surface area (Å²) in [4.78, 5) is 14.5. The number of nitrogens with zero attached hydrogens (tertiary/aromatic N) is 6. The molecular formula is C24H22N6O2S2. The SMILES string of the molecule is COc1ccc(C2CC(c3ccccc3)=NN2C(=O)CSc2nnnn2Cc2cccs2)cc1. The Bertz CT molecular complexity index is 1270. The lowest BCUT2D eigenvalue weighted by Crippen LogP contribution is -2.28. The van der Waals surface area contributed by atoms with Gasteiger partial charge < -0.3 is 4.74 Å². The molecule has 3 heterocycles. The second kappa shape index (κ2) is 10.2. The molecule has 0 aliphatic carbocycles. The van der Waals surface area contributed by atoms with Crippen molar-refractivity contribution in [1.29, 1.82) is 0 Å². The lowest BCUT2D eigenvalue weighted by Gasteiger charge is -2.22. The Morgan fingerprint density at radius 1 is 1.12 bits per heavy atom. The number of thiophene rings is 1. The van der Waals surface area contributed by atoms with Crippen molar-refractivity contribution >= 4 is 34.7 Å². The zero-order chi connectivity index (χ0) is 23.3. The van der Waals surface area contributed by atoms with Crippen molar-refractivity contribution in [2.75, 3.05) is 12.9 Å². The molecule has 0 bridgehead atoms. The number of hydrazone groups is 1. The van der Waals surface area contributed by atoms with Crippen LogP contribution in [0.25, 0.3) is 0 Å². The number of rotatable bonds is 8. The van der Waals surface area contributed by atoms with Crippen LogP contribution in [0.15, 0.2) is 82.4 Å². The minimum absolute atomic E-state index is 0.0950. The molecule has 0 fully saturated rings. The highest BCUT2D eigenvalue weighted by molar-refractivity contribution is 7.99. The van der Waals surface area contributed by atoms with Crippen LogP contribution in [-0.2, 0) is 11.3 Å². The van der Waals surface area contributed by atoms with Gasteiger partial charge in [0.25, 0.3) is 5.91 Å². The Kier molecular flexibility index (Phi) is 6.68. The highest BCUT2D eigenvalue weighted by Crippen LogP contribution is 2.34. The predicted molar refractivity (Wildman–Crippen MR) is 132 cm³/mol. The van der Waals surface area contributed by atoms with Gasteiger partial charge >= 0.3 is 0 Å². The van der Waals surface area contributed by atoms with Crippen LogP contribution in [0, 0.1) is 0 Å². The lowest BCUT2D eigenvalue weighted by molar-refractivity contribution is -0.130. The number of hydrogen-bond acceptors (Lipinski definition) is 8. The van der Waals surface area contributed by atoms with Crippen molar-refractivity contribution in [3.05, 3.63) is 88.1 Å². The Morgan fingerprint density at radius 3 is 2.68 bits per heavy atom. The minimum Gasteiger partial charge on any atom is -0.497 e. The topological polar surface area (TPSA) is 85.5 Å². The number of tetrazole rings is 1. The molecule has 5 rings (SSSR count). The number of thioether (sulfide) groups is 1. The molecule has 10 heteroatoms. The number of aromatic nitrogens is 4. The molecule has 2 aromatic carbocycles. The minimum atomic E-state index is -0.184. The smallest absolute Gasteiger partial charge is 0.253 e. The molecule has 1 atom stereocenters. The fourth-order valence-electron chi connectivity index (χ4n) is 3.77.